The fraction of sp³-hybridized carbons (Fsp3) is 0.579. The molecule has 1 aromatic rings. The van der Waals surface area contributed by atoms with Gasteiger partial charge in [-0.1, -0.05) is 24.8 Å². The average molecular weight is 316 g/mol. The van der Waals surface area contributed by atoms with E-state index in [4.69, 9.17) is 0 Å². The van der Waals surface area contributed by atoms with Gasteiger partial charge in [0.1, 0.15) is 0 Å². The molecule has 0 saturated heterocycles. The number of allylic oxidation sites excluding steroid dienone is 1. The first-order chi connectivity index (χ1) is 10.5. The van der Waals surface area contributed by atoms with Gasteiger partial charge < -0.3 is 0 Å². The van der Waals surface area contributed by atoms with E-state index in [2.05, 4.69) is 6.58 Å². The number of hydrogen-bond donors (Lipinski definition) is 0. The van der Waals surface area contributed by atoms with Crippen molar-refractivity contribution in [3.8, 4) is 0 Å². The lowest BCUT2D eigenvalue weighted by Gasteiger charge is -2.57. The summed E-state index contributed by atoms with van der Waals surface area (Å²) in [7, 11) is -3.38. The molecule has 4 aliphatic rings. The molecule has 118 valence electrons. The molecule has 4 fully saturated rings. The van der Waals surface area contributed by atoms with Crippen LogP contribution in [-0.4, -0.2) is 8.42 Å². The van der Waals surface area contributed by atoms with Gasteiger partial charge in [-0.2, -0.15) is 0 Å². The van der Waals surface area contributed by atoms with E-state index in [1.165, 1.54) is 38.5 Å². The largest absolute Gasteiger partial charge is 0.219 e. The lowest BCUT2D eigenvalue weighted by molar-refractivity contribution is -0.0512. The highest BCUT2D eigenvalue weighted by Crippen LogP contribution is 2.62. The second kappa shape index (κ2) is 4.95. The van der Waals surface area contributed by atoms with Crippen molar-refractivity contribution in [3.05, 3.63) is 41.8 Å². The van der Waals surface area contributed by atoms with Gasteiger partial charge in [-0.15, -0.1) is 0 Å². The predicted octanol–water partition coefficient (Wildman–Crippen LogP) is 4.58. The van der Waals surface area contributed by atoms with Crippen molar-refractivity contribution in [2.45, 2.75) is 49.8 Å². The topological polar surface area (TPSA) is 34.1 Å². The Bertz CT molecular complexity index is 652. The minimum Gasteiger partial charge on any atom is -0.219 e. The molecule has 0 radical (unpaired) electrons. The van der Waals surface area contributed by atoms with E-state index in [-0.39, 0.29) is 5.41 Å². The molecule has 0 spiro atoms. The first kappa shape index (κ1) is 14.5. The smallest absolute Gasteiger partial charge is 0.202 e. The Hall–Kier alpha value is -1.09. The fourth-order valence-corrected chi connectivity index (χ4v) is 7.13. The van der Waals surface area contributed by atoms with Gasteiger partial charge in [-0.05, 0) is 80.2 Å². The Morgan fingerprint density at radius 1 is 1.00 bits per heavy atom. The minimum atomic E-state index is -3.38. The van der Waals surface area contributed by atoms with Gasteiger partial charge in [-0.25, -0.2) is 8.42 Å². The summed E-state index contributed by atoms with van der Waals surface area (Å²) in [5.41, 5.74) is 0.230. The molecular formula is C19H24O2S. The quantitative estimate of drug-likeness (QED) is 0.814. The van der Waals surface area contributed by atoms with Gasteiger partial charge >= 0.3 is 0 Å². The normalized spacial score (nSPS) is 36.5. The van der Waals surface area contributed by atoms with E-state index in [9.17, 15) is 8.42 Å². The molecular weight excluding hydrogens is 292 g/mol. The lowest BCUT2D eigenvalue weighted by Crippen LogP contribution is -2.46. The Morgan fingerprint density at radius 3 is 2.00 bits per heavy atom. The summed E-state index contributed by atoms with van der Waals surface area (Å²) in [6.07, 6.45) is 8.51. The Balaban J connectivity index is 1.57. The molecule has 22 heavy (non-hydrogen) atoms. The summed E-state index contributed by atoms with van der Waals surface area (Å²) in [6.45, 7) is 3.99. The third-order valence-electron chi connectivity index (χ3n) is 6.17. The van der Waals surface area contributed by atoms with Crippen LogP contribution in [0.25, 0.3) is 0 Å². The maximum absolute atomic E-state index is 12.8. The molecule has 4 aliphatic carbocycles. The molecule has 0 aliphatic heterocycles. The number of hydrogen-bond acceptors (Lipinski definition) is 2. The highest BCUT2D eigenvalue weighted by Gasteiger charge is 2.51. The molecule has 0 atom stereocenters. The highest BCUT2D eigenvalue weighted by molar-refractivity contribution is 7.95. The standard InChI is InChI=1S/C19H24O2S/c1-14(22(20,21)18-5-3-2-4-6-18)10-19-11-15-7-16(12-19)9-17(8-15)13-19/h2-6,15-17H,1,7-13H2. The molecule has 3 heteroatoms. The zero-order chi connectivity index (χ0) is 15.4. The van der Waals surface area contributed by atoms with E-state index in [0.717, 1.165) is 17.8 Å². The summed E-state index contributed by atoms with van der Waals surface area (Å²) < 4.78 is 25.5. The third kappa shape index (κ3) is 2.34. The van der Waals surface area contributed by atoms with Gasteiger partial charge in [0.25, 0.3) is 0 Å². The molecule has 4 saturated carbocycles. The first-order valence-corrected chi connectivity index (χ1v) is 9.93. The van der Waals surface area contributed by atoms with Gasteiger partial charge in [0.05, 0.1) is 4.90 Å². The number of benzene rings is 1. The molecule has 0 aromatic heterocycles. The van der Waals surface area contributed by atoms with Gasteiger partial charge in [0, 0.05) is 4.91 Å². The van der Waals surface area contributed by atoms with Crippen molar-refractivity contribution in [3.63, 3.8) is 0 Å². The van der Waals surface area contributed by atoms with Crippen molar-refractivity contribution in [2.75, 3.05) is 0 Å². The highest BCUT2D eigenvalue weighted by atomic mass is 32.2. The summed E-state index contributed by atoms with van der Waals surface area (Å²) in [5.74, 6) is 2.54. The van der Waals surface area contributed by atoms with Gasteiger partial charge in [0.15, 0.2) is 0 Å². The monoisotopic (exact) mass is 316 g/mol. The molecule has 0 unspecified atom stereocenters. The van der Waals surface area contributed by atoms with E-state index in [1.807, 2.05) is 6.07 Å². The van der Waals surface area contributed by atoms with E-state index < -0.39 is 9.84 Å². The zero-order valence-corrected chi connectivity index (χ0v) is 13.8. The van der Waals surface area contributed by atoms with Crippen molar-refractivity contribution >= 4 is 9.84 Å². The summed E-state index contributed by atoms with van der Waals surface area (Å²) in [6, 6.07) is 8.77. The van der Waals surface area contributed by atoms with Crippen LogP contribution in [0, 0.1) is 23.2 Å². The van der Waals surface area contributed by atoms with Crippen LogP contribution in [0.5, 0.6) is 0 Å². The van der Waals surface area contributed by atoms with Crippen molar-refractivity contribution in [2.24, 2.45) is 23.2 Å². The van der Waals surface area contributed by atoms with Crippen LogP contribution in [0.3, 0.4) is 0 Å². The molecule has 0 amide bonds. The minimum absolute atomic E-state index is 0.230. The molecule has 1 aromatic carbocycles. The first-order valence-electron chi connectivity index (χ1n) is 8.45. The second-order valence-corrected chi connectivity index (χ2v) is 10.0. The Morgan fingerprint density at radius 2 is 1.50 bits per heavy atom. The van der Waals surface area contributed by atoms with Crippen LogP contribution in [-0.2, 0) is 9.84 Å². The fourth-order valence-electron chi connectivity index (χ4n) is 5.79. The van der Waals surface area contributed by atoms with Gasteiger partial charge in [-0.3, -0.25) is 0 Å². The van der Waals surface area contributed by atoms with Crippen LogP contribution < -0.4 is 0 Å². The predicted molar refractivity (Wildman–Crippen MR) is 88.0 cm³/mol. The molecule has 0 N–H and O–H groups in total. The molecule has 4 bridgehead atoms. The summed E-state index contributed by atoms with van der Waals surface area (Å²) >= 11 is 0. The van der Waals surface area contributed by atoms with Crippen molar-refractivity contribution in [1.29, 1.82) is 0 Å². The van der Waals surface area contributed by atoms with Gasteiger partial charge in [0.2, 0.25) is 9.84 Å². The zero-order valence-electron chi connectivity index (χ0n) is 13.0. The van der Waals surface area contributed by atoms with Crippen molar-refractivity contribution in [1.82, 2.24) is 0 Å². The van der Waals surface area contributed by atoms with Crippen molar-refractivity contribution < 1.29 is 8.42 Å². The van der Waals surface area contributed by atoms with E-state index >= 15 is 0 Å². The van der Waals surface area contributed by atoms with Crippen LogP contribution in [0.2, 0.25) is 0 Å². The Kier molecular flexibility index (Phi) is 3.26. The maximum atomic E-state index is 12.8. The number of sulfone groups is 1. The summed E-state index contributed by atoms with van der Waals surface area (Å²) in [5, 5.41) is 0. The Labute approximate surface area is 133 Å². The second-order valence-electron chi connectivity index (χ2n) is 7.95. The average Bonchev–Trinajstić information content (AvgIpc) is 2.46. The van der Waals surface area contributed by atoms with E-state index in [0.29, 0.717) is 16.2 Å². The van der Waals surface area contributed by atoms with Crippen LogP contribution in [0.4, 0.5) is 0 Å². The van der Waals surface area contributed by atoms with Crippen LogP contribution >= 0.6 is 0 Å². The van der Waals surface area contributed by atoms with E-state index in [1.54, 1.807) is 24.3 Å². The van der Waals surface area contributed by atoms with Crippen LogP contribution in [0.1, 0.15) is 44.9 Å². The third-order valence-corrected chi connectivity index (χ3v) is 7.97. The maximum Gasteiger partial charge on any atom is 0.202 e. The number of rotatable bonds is 4. The summed E-state index contributed by atoms with van der Waals surface area (Å²) in [4.78, 5) is 0.824. The SMILES string of the molecule is C=C(CC12CC3CC(CC(C3)C1)C2)S(=O)(=O)c1ccccc1. The lowest BCUT2D eigenvalue weighted by atomic mass is 9.49. The molecule has 0 heterocycles. The molecule has 2 nitrogen and oxygen atoms in total. The molecule has 5 rings (SSSR count). The van der Waals surface area contributed by atoms with Crippen LogP contribution in [0.15, 0.2) is 46.7 Å².